The number of esters is 2. The summed E-state index contributed by atoms with van der Waals surface area (Å²) in [5, 5.41) is 18.6. The van der Waals surface area contributed by atoms with Gasteiger partial charge in [0.05, 0.1) is 17.7 Å². The van der Waals surface area contributed by atoms with Gasteiger partial charge in [-0.2, -0.15) is 0 Å². The van der Waals surface area contributed by atoms with E-state index in [0.717, 1.165) is 36.3 Å². The molecule has 0 spiro atoms. The van der Waals surface area contributed by atoms with Crippen molar-refractivity contribution in [3.8, 4) is 0 Å². The van der Waals surface area contributed by atoms with E-state index in [4.69, 9.17) is 19.9 Å². The van der Waals surface area contributed by atoms with E-state index < -0.39 is 36.1 Å². The van der Waals surface area contributed by atoms with Gasteiger partial charge in [0.1, 0.15) is 5.82 Å². The number of carboxylic acid groups (broad SMARTS) is 2. The predicted octanol–water partition coefficient (Wildman–Crippen LogP) is 3.42. The highest BCUT2D eigenvalue weighted by Gasteiger charge is 2.41. The summed E-state index contributed by atoms with van der Waals surface area (Å²) in [5.41, 5.74) is 8.91. The molecule has 0 amide bonds. The highest BCUT2D eigenvalue weighted by Crippen LogP contribution is 2.26. The number of carbonyl (C=O) groups excluding carboxylic acids is 2. The minimum absolute atomic E-state index is 0.0332. The van der Waals surface area contributed by atoms with E-state index >= 15 is 0 Å². The maximum absolute atomic E-state index is 13.2. The molecule has 0 aliphatic carbocycles. The van der Waals surface area contributed by atoms with Crippen LogP contribution in [0.25, 0.3) is 0 Å². The second-order valence-electron chi connectivity index (χ2n) is 10.6. The molecule has 45 heavy (non-hydrogen) atoms. The van der Waals surface area contributed by atoms with Gasteiger partial charge < -0.3 is 30.2 Å². The number of rotatable bonds is 11. The van der Waals surface area contributed by atoms with Crippen LogP contribution in [0, 0.1) is 19.7 Å². The molecule has 4 atom stereocenters. The third-order valence-corrected chi connectivity index (χ3v) is 7.13. The number of methoxy groups -OCH3 is 1. The summed E-state index contributed by atoms with van der Waals surface area (Å²) in [7, 11) is 1.69. The molecule has 11 nitrogen and oxygen atoms in total. The lowest BCUT2D eigenvalue weighted by Crippen LogP contribution is -2.45. The largest absolute Gasteiger partial charge is 0.478 e. The van der Waals surface area contributed by atoms with E-state index in [2.05, 4.69) is 4.90 Å². The second-order valence-corrected chi connectivity index (χ2v) is 10.6. The molecule has 0 unspecified atom stereocenters. The number of benzene rings is 3. The number of hydrogen-bond donors (Lipinski definition) is 3. The second kappa shape index (κ2) is 16.4. The van der Waals surface area contributed by atoms with Crippen molar-refractivity contribution in [2.24, 2.45) is 5.73 Å². The van der Waals surface area contributed by atoms with E-state index in [9.17, 15) is 33.8 Å². The van der Waals surface area contributed by atoms with Crippen molar-refractivity contribution in [3.63, 3.8) is 0 Å². The Morgan fingerprint density at radius 2 is 1.33 bits per heavy atom. The molecule has 4 N–H and O–H groups in total. The van der Waals surface area contributed by atoms with Crippen LogP contribution in [-0.4, -0.2) is 90.6 Å². The van der Waals surface area contributed by atoms with Crippen molar-refractivity contribution < 1.29 is 48.0 Å². The summed E-state index contributed by atoms with van der Waals surface area (Å²) in [4.78, 5) is 49.6. The molecular formula is C33H37FN2O9. The van der Waals surface area contributed by atoms with Crippen LogP contribution in [-0.2, 0) is 23.8 Å². The van der Waals surface area contributed by atoms with Gasteiger partial charge in [0, 0.05) is 38.7 Å². The SMILES string of the molecule is COCCN1C[C@@H](N)[C@H](c2cccc(F)c2)C1.Cc1ccc(C(=O)O[C@H](C(=O)O)[C@H](OC(=O)c2ccc(C)cc2)C(=O)O)cc1. The molecule has 4 rings (SSSR count). The highest BCUT2D eigenvalue weighted by molar-refractivity contribution is 5.95. The van der Waals surface area contributed by atoms with E-state index in [1.54, 1.807) is 57.4 Å². The first kappa shape index (κ1) is 34.8. The van der Waals surface area contributed by atoms with Crippen molar-refractivity contribution >= 4 is 23.9 Å². The maximum atomic E-state index is 13.2. The smallest absolute Gasteiger partial charge is 0.349 e. The summed E-state index contributed by atoms with van der Waals surface area (Å²) in [6.07, 6.45) is -4.44. The summed E-state index contributed by atoms with van der Waals surface area (Å²) >= 11 is 0. The Morgan fingerprint density at radius 1 is 0.844 bits per heavy atom. The Labute approximate surface area is 260 Å². The Kier molecular flexibility index (Phi) is 12.7. The van der Waals surface area contributed by atoms with Gasteiger partial charge in [-0.25, -0.2) is 23.6 Å². The van der Waals surface area contributed by atoms with Gasteiger partial charge in [-0.3, -0.25) is 4.90 Å². The number of ether oxygens (including phenoxy) is 3. The molecule has 0 radical (unpaired) electrons. The minimum Gasteiger partial charge on any atom is -0.478 e. The number of carboxylic acids is 2. The third kappa shape index (κ3) is 10.2. The first-order chi connectivity index (χ1) is 21.4. The first-order valence-electron chi connectivity index (χ1n) is 14.1. The van der Waals surface area contributed by atoms with Crippen molar-refractivity contribution in [3.05, 3.63) is 106 Å². The van der Waals surface area contributed by atoms with Crippen LogP contribution in [0.3, 0.4) is 0 Å². The fourth-order valence-corrected chi connectivity index (χ4v) is 4.64. The molecule has 1 saturated heterocycles. The molecular weight excluding hydrogens is 587 g/mol. The van der Waals surface area contributed by atoms with Gasteiger partial charge in [0.2, 0.25) is 12.2 Å². The van der Waals surface area contributed by atoms with Gasteiger partial charge in [-0.1, -0.05) is 47.5 Å². The zero-order chi connectivity index (χ0) is 33.1. The highest BCUT2D eigenvalue weighted by atomic mass is 19.1. The maximum Gasteiger partial charge on any atom is 0.349 e. The summed E-state index contributed by atoms with van der Waals surface area (Å²) in [6.45, 7) is 6.91. The molecule has 3 aromatic carbocycles. The van der Waals surface area contributed by atoms with Crippen LogP contribution in [0.15, 0.2) is 72.8 Å². The first-order valence-corrected chi connectivity index (χ1v) is 14.1. The fourth-order valence-electron chi connectivity index (χ4n) is 4.64. The van der Waals surface area contributed by atoms with Crippen molar-refractivity contribution in [1.29, 1.82) is 0 Å². The van der Waals surface area contributed by atoms with Gasteiger partial charge in [-0.05, 0) is 55.8 Å². The molecule has 240 valence electrons. The molecule has 1 aliphatic rings. The van der Waals surface area contributed by atoms with Crippen LogP contribution >= 0.6 is 0 Å². The average molecular weight is 625 g/mol. The van der Waals surface area contributed by atoms with Crippen LogP contribution in [0.4, 0.5) is 4.39 Å². The van der Waals surface area contributed by atoms with Gasteiger partial charge >= 0.3 is 23.9 Å². The van der Waals surface area contributed by atoms with Crippen LogP contribution < -0.4 is 5.73 Å². The van der Waals surface area contributed by atoms with Crippen molar-refractivity contribution in [1.82, 2.24) is 4.90 Å². The Hall–Kier alpha value is -4.65. The molecule has 3 aromatic rings. The standard InChI is InChI=1S/C20H18O8.C13H19FN2O/c1-11-3-7-13(8-4-11)19(25)27-15(17(21)22)16(18(23)24)28-20(26)14-9-5-12(2)6-10-14;1-17-6-5-16-8-12(13(15)9-16)10-3-2-4-11(14)7-10/h3-10,15-16H,1-2H3,(H,21,22)(H,23,24);2-4,7,12-13H,5-6,8-9,15H2,1H3/t15-,16-;12-,13+/m00/s1. The lowest BCUT2D eigenvalue weighted by molar-refractivity contribution is -0.166. The van der Waals surface area contributed by atoms with E-state index in [1.165, 1.54) is 30.3 Å². The zero-order valence-electron chi connectivity index (χ0n) is 25.2. The Balaban J connectivity index is 0.000000276. The number of aryl methyl sites for hydroxylation is 2. The Bertz CT molecular complexity index is 1390. The molecule has 1 heterocycles. The number of carbonyl (C=O) groups is 4. The quantitative estimate of drug-likeness (QED) is 0.268. The normalized spacial score (nSPS) is 17.4. The minimum atomic E-state index is -2.22. The van der Waals surface area contributed by atoms with Gasteiger partial charge in [0.15, 0.2) is 0 Å². The van der Waals surface area contributed by atoms with Crippen LogP contribution in [0.5, 0.6) is 0 Å². The summed E-state index contributed by atoms with van der Waals surface area (Å²) in [6, 6.07) is 18.9. The average Bonchev–Trinajstić information content (AvgIpc) is 3.38. The van der Waals surface area contributed by atoms with E-state index in [0.29, 0.717) is 6.61 Å². The number of hydrogen-bond acceptors (Lipinski definition) is 9. The zero-order valence-corrected chi connectivity index (χ0v) is 25.2. The van der Waals surface area contributed by atoms with Crippen LogP contribution in [0.1, 0.15) is 43.3 Å². The fraction of sp³-hybridized carbons (Fsp3) is 0.333. The lowest BCUT2D eigenvalue weighted by atomic mass is 9.95. The molecule has 0 bridgehead atoms. The van der Waals surface area contributed by atoms with Crippen molar-refractivity contribution in [2.75, 3.05) is 33.4 Å². The topological polar surface area (TPSA) is 166 Å². The molecule has 1 aliphatic heterocycles. The third-order valence-electron chi connectivity index (χ3n) is 7.13. The number of likely N-dealkylation sites (tertiary alicyclic amines) is 1. The predicted molar refractivity (Wildman–Crippen MR) is 161 cm³/mol. The molecule has 1 fully saturated rings. The summed E-state index contributed by atoms with van der Waals surface area (Å²) in [5.74, 6) is -5.59. The number of nitrogens with zero attached hydrogens (tertiary/aromatic N) is 1. The van der Waals surface area contributed by atoms with Gasteiger partial charge in [0.25, 0.3) is 0 Å². The van der Waals surface area contributed by atoms with E-state index in [-0.39, 0.29) is 28.9 Å². The number of nitrogens with two attached hydrogens (primary N) is 1. The van der Waals surface area contributed by atoms with Crippen molar-refractivity contribution in [2.45, 2.75) is 38.0 Å². The summed E-state index contributed by atoms with van der Waals surface area (Å²) < 4.78 is 27.9. The monoisotopic (exact) mass is 624 g/mol. The molecule has 0 saturated carbocycles. The van der Waals surface area contributed by atoms with Crippen LogP contribution in [0.2, 0.25) is 0 Å². The number of halogens is 1. The Morgan fingerprint density at radius 3 is 1.76 bits per heavy atom. The molecule has 12 heteroatoms. The molecule has 0 aromatic heterocycles. The lowest BCUT2D eigenvalue weighted by Gasteiger charge is -2.21. The van der Waals surface area contributed by atoms with E-state index in [1.807, 2.05) is 6.07 Å². The van der Waals surface area contributed by atoms with Gasteiger partial charge in [-0.15, -0.1) is 0 Å². The number of aliphatic carboxylic acids is 2.